The fourth-order valence-electron chi connectivity index (χ4n) is 6.73. The van der Waals surface area contributed by atoms with Crippen LogP contribution >= 0.6 is 43.5 Å². The van der Waals surface area contributed by atoms with Crippen molar-refractivity contribution in [1.29, 1.82) is 0 Å². The third-order valence-corrected chi connectivity index (χ3v) is 9.87. The normalized spacial score (nSPS) is 23.0. The lowest BCUT2D eigenvalue weighted by Gasteiger charge is -2.39. The Balaban J connectivity index is 1.29. The van der Waals surface area contributed by atoms with Crippen LogP contribution in [0.2, 0.25) is 5.02 Å². The maximum absolute atomic E-state index is 13.6. The SMILES string of the molecule is CCOC(=O)C(=O)NC1CCCC(C(=O)N2CCC(C3c4ncc(Br)cc4CCc4cc(Cl)cc(Br)c43)CC2)C1. The Kier molecular flexibility index (Phi) is 9.52. The Bertz CT molecular complexity index is 1300. The highest BCUT2D eigenvalue weighted by Gasteiger charge is 2.38. The van der Waals surface area contributed by atoms with Crippen molar-refractivity contribution in [3.63, 3.8) is 0 Å². The van der Waals surface area contributed by atoms with Gasteiger partial charge in [0.1, 0.15) is 0 Å². The largest absolute Gasteiger partial charge is 0.459 e. The molecule has 1 aliphatic heterocycles. The van der Waals surface area contributed by atoms with E-state index in [4.69, 9.17) is 21.3 Å². The van der Waals surface area contributed by atoms with Gasteiger partial charge in [-0.3, -0.25) is 14.6 Å². The minimum absolute atomic E-state index is 0.127. The molecule has 1 saturated carbocycles. The molecule has 2 aromatic rings. The van der Waals surface area contributed by atoms with Gasteiger partial charge in [-0.15, -0.1) is 0 Å². The van der Waals surface area contributed by atoms with Gasteiger partial charge in [-0.1, -0.05) is 34.0 Å². The highest BCUT2D eigenvalue weighted by atomic mass is 79.9. The molecule has 0 radical (unpaired) electrons. The fourth-order valence-corrected chi connectivity index (χ4v) is 8.23. The molecule has 10 heteroatoms. The van der Waals surface area contributed by atoms with Crippen molar-refractivity contribution in [2.45, 2.75) is 70.3 Å². The number of pyridine rings is 1. The number of nitrogens with zero attached hydrogens (tertiary/aromatic N) is 2. The van der Waals surface area contributed by atoms with Crippen molar-refractivity contribution in [2.24, 2.45) is 11.8 Å². The van der Waals surface area contributed by atoms with Gasteiger partial charge in [-0.25, -0.2) is 4.79 Å². The zero-order chi connectivity index (χ0) is 28.4. The number of fused-ring (bicyclic) bond motifs is 2. The quantitative estimate of drug-likeness (QED) is 0.315. The van der Waals surface area contributed by atoms with Crippen molar-refractivity contribution in [1.82, 2.24) is 15.2 Å². The molecule has 5 rings (SSSR count). The van der Waals surface area contributed by atoms with Crippen molar-refractivity contribution in [2.75, 3.05) is 19.7 Å². The maximum Gasteiger partial charge on any atom is 0.396 e. The van der Waals surface area contributed by atoms with E-state index in [0.29, 0.717) is 25.4 Å². The monoisotopic (exact) mass is 693 g/mol. The van der Waals surface area contributed by atoms with Crippen molar-refractivity contribution in [3.8, 4) is 0 Å². The second-order valence-electron chi connectivity index (χ2n) is 11.1. The summed E-state index contributed by atoms with van der Waals surface area (Å²) in [7, 11) is 0. The summed E-state index contributed by atoms with van der Waals surface area (Å²) in [6, 6.07) is 6.07. The van der Waals surface area contributed by atoms with Crippen LogP contribution in [0.5, 0.6) is 0 Å². The second-order valence-corrected chi connectivity index (χ2v) is 13.3. The Morgan fingerprint density at radius 2 is 1.82 bits per heavy atom. The van der Waals surface area contributed by atoms with Gasteiger partial charge in [-0.2, -0.15) is 0 Å². The van der Waals surface area contributed by atoms with E-state index in [0.717, 1.165) is 64.6 Å². The number of halogens is 3. The molecule has 40 heavy (non-hydrogen) atoms. The minimum atomic E-state index is -0.865. The number of hydrogen-bond donors (Lipinski definition) is 1. The molecular weight excluding hydrogens is 662 g/mol. The number of nitrogens with one attached hydrogen (secondary N) is 1. The summed E-state index contributed by atoms with van der Waals surface area (Å²) in [6.07, 6.45) is 8.44. The summed E-state index contributed by atoms with van der Waals surface area (Å²) in [6.45, 7) is 3.22. The van der Waals surface area contributed by atoms with Crippen LogP contribution in [0.25, 0.3) is 0 Å². The Morgan fingerprint density at radius 1 is 1.07 bits per heavy atom. The van der Waals surface area contributed by atoms with E-state index >= 15 is 0 Å². The molecule has 1 N–H and O–H groups in total. The van der Waals surface area contributed by atoms with Gasteiger partial charge in [0, 0.05) is 51.1 Å². The fraction of sp³-hybridized carbons (Fsp3) is 0.533. The number of carbonyl (C=O) groups excluding carboxylic acids is 3. The molecule has 3 unspecified atom stereocenters. The van der Waals surface area contributed by atoms with Gasteiger partial charge in [-0.05, 0) is 109 Å². The Labute approximate surface area is 257 Å². The van der Waals surface area contributed by atoms with Crippen molar-refractivity contribution in [3.05, 3.63) is 60.7 Å². The van der Waals surface area contributed by atoms with Gasteiger partial charge in [0.2, 0.25) is 5.91 Å². The highest BCUT2D eigenvalue weighted by Crippen LogP contribution is 2.46. The van der Waals surface area contributed by atoms with Gasteiger partial charge >= 0.3 is 11.9 Å². The van der Waals surface area contributed by atoms with Crippen LogP contribution in [0.1, 0.15) is 73.8 Å². The summed E-state index contributed by atoms with van der Waals surface area (Å²) in [5.41, 5.74) is 4.92. The van der Waals surface area contributed by atoms with Crippen LogP contribution < -0.4 is 5.32 Å². The predicted molar refractivity (Wildman–Crippen MR) is 160 cm³/mol. The lowest BCUT2D eigenvalue weighted by Crippen LogP contribution is -2.47. The maximum atomic E-state index is 13.6. The molecule has 1 saturated heterocycles. The average molecular weight is 696 g/mol. The molecule has 214 valence electrons. The summed E-state index contributed by atoms with van der Waals surface area (Å²) in [5, 5.41) is 3.50. The zero-order valence-corrected chi connectivity index (χ0v) is 26.5. The minimum Gasteiger partial charge on any atom is -0.459 e. The van der Waals surface area contributed by atoms with Gasteiger partial charge in [0.05, 0.1) is 12.3 Å². The van der Waals surface area contributed by atoms with E-state index in [1.165, 1.54) is 16.7 Å². The number of benzene rings is 1. The molecule has 2 fully saturated rings. The first-order valence-corrected chi connectivity index (χ1v) is 16.1. The number of ether oxygens (including phenoxy) is 1. The van der Waals surface area contributed by atoms with Crippen LogP contribution in [-0.2, 0) is 32.0 Å². The number of aromatic nitrogens is 1. The molecule has 7 nitrogen and oxygen atoms in total. The number of amides is 2. The lowest BCUT2D eigenvalue weighted by molar-refractivity contribution is -0.155. The van der Waals surface area contributed by atoms with Crippen LogP contribution in [0.4, 0.5) is 0 Å². The molecule has 3 atom stereocenters. The Hall–Kier alpha value is -1.97. The molecule has 2 aliphatic carbocycles. The smallest absolute Gasteiger partial charge is 0.396 e. The highest BCUT2D eigenvalue weighted by molar-refractivity contribution is 9.10. The summed E-state index contributed by atoms with van der Waals surface area (Å²) in [4.78, 5) is 44.4. The van der Waals surface area contributed by atoms with Crippen LogP contribution in [-0.4, -0.2) is 53.4 Å². The van der Waals surface area contributed by atoms with E-state index in [9.17, 15) is 14.4 Å². The summed E-state index contributed by atoms with van der Waals surface area (Å²) in [5.74, 6) is -1.11. The van der Waals surface area contributed by atoms with E-state index in [2.05, 4.69) is 49.3 Å². The molecule has 1 aromatic heterocycles. The van der Waals surface area contributed by atoms with Crippen LogP contribution in [0, 0.1) is 11.8 Å². The van der Waals surface area contributed by atoms with Crippen molar-refractivity contribution < 1.29 is 19.1 Å². The van der Waals surface area contributed by atoms with Gasteiger partial charge in [0.15, 0.2) is 0 Å². The molecule has 2 heterocycles. The first-order chi connectivity index (χ1) is 19.2. The third kappa shape index (κ3) is 6.41. The topological polar surface area (TPSA) is 88.6 Å². The molecule has 1 aromatic carbocycles. The van der Waals surface area contributed by atoms with Gasteiger partial charge < -0.3 is 15.0 Å². The number of likely N-dealkylation sites (tertiary alicyclic amines) is 1. The zero-order valence-electron chi connectivity index (χ0n) is 22.6. The van der Waals surface area contributed by atoms with Crippen molar-refractivity contribution >= 4 is 61.2 Å². The average Bonchev–Trinajstić information content (AvgIpc) is 3.10. The van der Waals surface area contributed by atoms with E-state index in [1.54, 1.807) is 6.92 Å². The number of hydrogen-bond acceptors (Lipinski definition) is 5. The summed E-state index contributed by atoms with van der Waals surface area (Å²) < 4.78 is 6.81. The molecule has 0 spiro atoms. The lowest BCUT2D eigenvalue weighted by atomic mass is 9.76. The van der Waals surface area contributed by atoms with Crippen LogP contribution in [0.15, 0.2) is 33.3 Å². The van der Waals surface area contributed by atoms with Gasteiger partial charge in [0.25, 0.3) is 0 Å². The molecule has 3 aliphatic rings. The number of rotatable bonds is 4. The number of esters is 1. The number of aryl methyl sites for hydroxylation is 2. The summed E-state index contributed by atoms with van der Waals surface area (Å²) >= 11 is 13.9. The van der Waals surface area contributed by atoms with E-state index < -0.39 is 11.9 Å². The first kappa shape index (κ1) is 29.5. The number of carbonyl (C=O) groups is 3. The van der Waals surface area contributed by atoms with E-state index in [1.807, 2.05) is 17.2 Å². The molecular formula is C30H34Br2ClN3O4. The molecule has 0 bridgehead atoms. The van der Waals surface area contributed by atoms with E-state index in [-0.39, 0.29) is 30.4 Å². The predicted octanol–water partition coefficient (Wildman–Crippen LogP) is 5.97. The Morgan fingerprint density at radius 3 is 2.58 bits per heavy atom. The number of piperidine rings is 1. The standard InChI is InChI=1S/C30H34Br2ClN3O4/c1-2-40-30(39)28(37)35-23-5-3-4-20(14-23)29(38)36-10-8-17(9-11-36)26-25-18(13-22(33)15-24(25)32)6-7-19-12-21(31)16-34-27(19)26/h12-13,15-17,20,23,26H,2-11,14H2,1H3,(H,35,37). The van der Waals surface area contributed by atoms with Crippen LogP contribution in [0.3, 0.4) is 0 Å². The first-order valence-electron chi connectivity index (χ1n) is 14.1. The third-order valence-electron chi connectivity index (χ3n) is 8.56. The second kappa shape index (κ2) is 12.9. The molecule has 2 amide bonds.